The highest BCUT2D eigenvalue weighted by Crippen LogP contribution is 2.07. The standard InChI is InChI=1S/C10H20N6O/c1-7(2)16(3)6-5-12-9-13-8(11)14-10(15-9)17-4/h7H,5-6H2,1-4H3,(H3,11,12,13,14,15). The maximum atomic E-state index is 5.52. The second-order valence-corrected chi connectivity index (χ2v) is 4.01. The summed E-state index contributed by atoms with van der Waals surface area (Å²) in [5, 5.41) is 3.08. The minimum Gasteiger partial charge on any atom is -0.467 e. The summed E-state index contributed by atoms with van der Waals surface area (Å²) >= 11 is 0. The van der Waals surface area contributed by atoms with Crippen molar-refractivity contribution < 1.29 is 4.74 Å². The van der Waals surface area contributed by atoms with Gasteiger partial charge < -0.3 is 20.7 Å². The predicted molar refractivity (Wildman–Crippen MR) is 67.0 cm³/mol. The van der Waals surface area contributed by atoms with Crippen LogP contribution in [-0.4, -0.2) is 53.1 Å². The molecule has 0 unspecified atom stereocenters. The van der Waals surface area contributed by atoms with E-state index >= 15 is 0 Å². The van der Waals surface area contributed by atoms with Crippen molar-refractivity contribution in [1.82, 2.24) is 19.9 Å². The Labute approximate surface area is 101 Å². The number of rotatable bonds is 6. The Bertz CT molecular complexity index is 357. The fourth-order valence-electron chi connectivity index (χ4n) is 1.14. The van der Waals surface area contributed by atoms with Crippen molar-refractivity contribution in [2.75, 3.05) is 38.3 Å². The number of aromatic nitrogens is 3. The van der Waals surface area contributed by atoms with Gasteiger partial charge in [-0.25, -0.2) is 0 Å². The highest BCUT2D eigenvalue weighted by atomic mass is 16.5. The molecular formula is C10H20N6O. The Kier molecular flexibility index (Phi) is 4.89. The van der Waals surface area contributed by atoms with Gasteiger partial charge in [-0.2, -0.15) is 15.0 Å². The molecule has 7 nitrogen and oxygen atoms in total. The summed E-state index contributed by atoms with van der Waals surface area (Å²) < 4.78 is 4.91. The van der Waals surface area contributed by atoms with E-state index in [4.69, 9.17) is 10.5 Å². The number of nitrogens with one attached hydrogen (secondary N) is 1. The van der Waals surface area contributed by atoms with Crippen LogP contribution in [0.25, 0.3) is 0 Å². The number of hydrogen-bond donors (Lipinski definition) is 2. The summed E-state index contributed by atoms with van der Waals surface area (Å²) in [6.07, 6.45) is 0. The molecule has 0 bridgehead atoms. The SMILES string of the molecule is COc1nc(N)nc(NCCN(C)C(C)C)n1. The Hall–Kier alpha value is -1.63. The largest absolute Gasteiger partial charge is 0.467 e. The van der Waals surface area contributed by atoms with Crippen molar-refractivity contribution in [3.8, 4) is 6.01 Å². The lowest BCUT2D eigenvalue weighted by Gasteiger charge is -2.20. The van der Waals surface area contributed by atoms with Crippen LogP contribution in [0.15, 0.2) is 0 Å². The molecule has 1 rings (SSSR count). The molecule has 0 saturated carbocycles. The molecule has 0 aliphatic heterocycles. The number of methoxy groups -OCH3 is 1. The molecule has 7 heteroatoms. The number of hydrogen-bond acceptors (Lipinski definition) is 7. The Balaban J connectivity index is 2.49. The molecule has 0 saturated heterocycles. The third-order valence-electron chi connectivity index (χ3n) is 2.44. The lowest BCUT2D eigenvalue weighted by atomic mass is 10.3. The molecule has 1 aromatic heterocycles. The third kappa shape index (κ3) is 4.39. The van der Waals surface area contributed by atoms with Crippen LogP contribution in [0.5, 0.6) is 6.01 Å². The van der Waals surface area contributed by atoms with E-state index in [-0.39, 0.29) is 12.0 Å². The van der Waals surface area contributed by atoms with Crippen LogP contribution in [-0.2, 0) is 0 Å². The quantitative estimate of drug-likeness (QED) is 0.735. The topological polar surface area (TPSA) is 89.2 Å². The Morgan fingerprint density at radius 3 is 2.65 bits per heavy atom. The number of nitrogens with two attached hydrogens (primary N) is 1. The number of ether oxygens (including phenoxy) is 1. The summed E-state index contributed by atoms with van der Waals surface area (Å²) in [4.78, 5) is 14.0. The minimum absolute atomic E-state index is 0.150. The first-order valence-corrected chi connectivity index (χ1v) is 5.52. The number of likely N-dealkylation sites (N-methyl/N-ethyl adjacent to an activating group) is 1. The molecule has 0 atom stereocenters. The molecule has 0 radical (unpaired) electrons. The lowest BCUT2D eigenvalue weighted by Crippen LogP contribution is -2.31. The van der Waals surface area contributed by atoms with Crippen LogP contribution in [0.3, 0.4) is 0 Å². The van der Waals surface area contributed by atoms with Gasteiger partial charge in [-0.3, -0.25) is 0 Å². The highest BCUT2D eigenvalue weighted by Gasteiger charge is 2.05. The molecule has 0 amide bonds. The molecule has 0 fully saturated rings. The van der Waals surface area contributed by atoms with E-state index in [2.05, 4.69) is 46.1 Å². The van der Waals surface area contributed by atoms with Crippen molar-refractivity contribution in [3.05, 3.63) is 0 Å². The zero-order valence-corrected chi connectivity index (χ0v) is 10.8. The van der Waals surface area contributed by atoms with E-state index in [0.717, 1.165) is 13.1 Å². The van der Waals surface area contributed by atoms with Gasteiger partial charge in [0.05, 0.1) is 7.11 Å². The van der Waals surface area contributed by atoms with Gasteiger partial charge in [-0.15, -0.1) is 0 Å². The zero-order chi connectivity index (χ0) is 12.8. The van der Waals surface area contributed by atoms with Gasteiger partial charge in [0, 0.05) is 19.1 Å². The molecule has 1 heterocycles. The van der Waals surface area contributed by atoms with E-state index in [0.29, 0.717) is 12.0 Å². The second-order valence-electron chi connectivity index (χ2n) is 4.01. The first-order valence-electron chi connectivity index (χ1n) is 5.52. The van der Waals surface area contributed by atoms with Gasteiger partial charge in [0.2, 0.25) is 11.9 Å². The van der Waals surface area contributed by atoms with Gasteiger partial charge in [0.1, 0.15) is 0 Å². The predicted octanol–water partition coefficient (Wildman–Crippen LogP) is 0.215. The smallest absolute Gasteiger partial charge is 0.322 e. The summed E-state index contributed by atoms with van der Waals surface area (Å²) in [5.74, 6) is 0.586. The first kappa shape index (κ1) is 13.4. The van der Waals surface area contributed by atoms with E-state index in [9.17, 15) is 0 Å². The summed E-state index contributed by atoms with van der Waals surface area (Å²) in [7, 11) is 3.56. The second kappa shape index (κ2) is 6.19. The fraction of sp³-hybridized carbons (Fsp3) is 0.700. The molecule has 0 aliphatic carbocycles. The van der Waals surface area contributed by atoms with Crippen molar-refractivity contribution in [1.29, 1.82) is 0 Å². The Morgan fingerprint density at radius 2 is 2.06 bits per heavy atom. The molecule has 0 aromatic carbocycles. The monoisotopic (exact) mass is 240 g/mol. The third-order valence-corrected chi connectivity index (χ3v) is 2.44. The van der Waals surface area contributed by atoms with Crippen molar-refractivity contribution >= 4 is 11.9 Å². The maximum Gasteiger partial charge on any atom is 0.322 e. The molecule has 3 N–H and O–H groups in total. The summed E-state index contributed by atoms with van der Waals surface area (Å²) in [6.45, 7) is 5.92. The van der Waals surface area contributed by atoms with Crippen LogP contribution < -0.4 is 15.8 Å². The highest BCUT2D eigenvalue weighted by molar-refractivity contribution is 5.32. The molecule has 17 heavy (non-hydrogen) atoms. The summed E-state index contributed by atoms with van der Waals surface area (Å²) in [5.41, 5.74) is 5.52. The number of nitrogens with zero attached hydrogens (tertiary/aromatic N) is 4. The van der Waals surface area contributed by atoms with Crippen molar-refractivity contribution in [2.45, 2.75) is 19.9 Å². The molecule has 1 aromatic rings. The van der Waals surface area contributed by atoms with Crippen LogP contribution in [0, 0.1) is 0 Å². The molecule has 0 aliphatic rings. The molecular weight excluding hydrogens is 220 g/mol. The minimum atomic E-state index is 0.150. The van der Waals surface area contributed by atoms with Crippen LogP contribution in [0.2, 0.25) is 0 Å². The lowest BCUT2D eigenvalue weighted by molar-refractivity contribution is 0.284. The summed E-state index contributed by atoms with van der Waals surface area (Å²) in [6, 6.07) is 0.729. The van der Waals surface area contributed by atoms with Crippen LogP contribution in [0.1, 0.15) is 13.8 Å². The molecule has 0 spiro atoms. The number of nitrogen functional groups attached to an aromatic ring is 1. The maximum absolute atomic E-state index is 5.52. The zero-order valence-electron chi connectivity index (χ0n) is 10.8. The number of anilines is 2. The van der Waals surface area contributed by atoms with E-state index in [1.807, 2.05) is 0 Å². The van der Waals surface area contributed by atoms with Gasteiger partial charge >= 0.3 is 6.01 Å². The van der Waals surface area contributed by atoms with Gasteiger partial charge in [-0.1, -0.05) is 0 Å². The van der Waals surface area contributed by atoms with Crippen molar-refractivity contribution in [3.63, 3.8) is 0 Å². The average molecular weight is 240 g/mol. The van der Waals surface area contributed by atoms with Gasteiger partial charge in [0.15, 0.2) is 0 Å². The van der Waals surface area contributed by atoms with E-state index in [1.54, 1.807) is 0 Å². The fourth-order valence-corrected chi connectivity index (χ4v) is 1.14. The van der Waals surface area contributed by atoms with Gasteiger partial charge in [0.25, 0.3) is 0 Å². The van der Waals surface area contributed by atoms with E-state index < -0.39 is 0 Å². The molecule has 96 valence electrons. The van der Waals surface area contributed by atoms with E-state index in [1.165, 1.54) is 7.11 Å². The van der Waals surface area contributed by atoms with Crippen LogP contribution >= 0.6 is 0 Å². The normalized spacial score (nSPS) is 10.9. The van der Waals surface area contributed by atoms with Crippen LogP contribution in [0.4, 0.5) is 11.9 Å². The first-order chi connectivity index (χ1) is 8.02. The average Bonchev–Trinajstić information content (AvgIpc) is 2.27. The Morgan fingerprint density at radius 1 is 1.35 bits per heavy atom. The van der Waals surface area contributed by atoms with Crippen molar-refractivity contribution in [2.24, 2.45) is 0 Å². The van der Waals surface area contributed by atoms with Gasteiger partial charge in [-0.05, 0) is 20.9 Å².